The summed E-state index contributed by atoms with van der Waals surface area (Å²) in [5, 5.41) is 21.2. The van der Waals surface area contributed by atoms with Gasteiger partial charge in [-0.05, 0) is 30.4 Å². The molecule has 0 spiro atoms. The van der Waals surface area contributed by atoms with Gasteiger partial charge in [-0.3, -0.25) is 0 Å². The molecule has 0 unspecified atom stereocenters. The molecule has 3 N–H and O–H groups in total. The molecule has 0 bridgehead atoms. The Morgan fingerprint density at radius 3 is 2.22 bits per heavy atom. The van der Waals surface area contributed by atoms with Gasteiger partial charge in [-0.2, -0.15) is 0 Å². The predicted molar refractivity (Wildman–Crippen MR) is 74.5 cm³/mol. The Balaban J connectivity index is 2.50. The number of hydrogen-bond acceptors (Lipinski definition) is 3. The molecule has 3 nitrogen and oxygen atoms in total. The Bertz CT molecular complexity index is 335. The Hall–Kier alpha value is -0.900. The highest BCUT2D eigenvalue weighted by Crippen LogP contribution is 2.15. The highest BCUT2D eigenvalue weighted by molar-refractivity contribution is 5.25. The maximum atomic E-state index is 9.28. The fourth-order valence-corrected chi connectivity index (χ4v) is 1.91. The lowest BCUT2D eigenvalue weighted by Crippen LogP contribution is -2.31. The van der Waals surface area contributed by atoms with Crippen LogP contribution in [0.5, 0.6) is 0 Å². The van der Waals surface area contributed by atoms with E-state index in [0.717, 1.165) is 6.42 Å². The Morgan fingerprint density at radius 2 is 1.72 bits per heavy atom. The average molecular weight is 251 g/mol. The van der Waals surface area contributed by atoms with Gasteiger partial charge in [-0.1, -0.05) is 38.1 Å². The fourth-order valence-electron chi connectivity index (χ4n) is 1.91. The highest BCUT2D eigenvalue weighted by Gasteiger charge is 2.08. The standard InChI is InChI=1S/C15H25NO2/c1-11(2)8-13-4-6-14(7-5-13)12(3)16-9-15(18)10-17/h4-7,11-12,15-18H,8-10H2,1-3H3/t12-,15-/m1/s1. The van der Waals surface area contributed by atoms with Gasteiger partial charge in [0, 0.05) is 12.6 Å². The lowest BCUT2D eigenvalue weighted by molar-refractivity contribution is 0.0924. The van der Waals surface area contributed by atoms with E-state index in [2.05, 4.69) is 50.4 Å². The minimum atomic E-state index is -0.687. The first-order chi connectivity index (χ1) is 8.52. The SMILES string of the molecule is CC(C)Cc1ccc([C@@H](C)NC[C@@H](O)CO)cc1. The van der Waals surface area contributed by atoms with Crippen LogP contribution >= 0.6 is 0 Å². The van der Waals surface area contributed by atoms with Crippen LogP contribution in [0.2, 0.25) is 0 Å². The van der Waals surface area contributed by atoms with E-state index in [1.54, 1.807) is 0 Å². The third-order valence-corrected chi connectivity index (χ3v) is 2.99. The molecular weight excluding hydrogens is 226 g/mol. The summed E-state index contributed by atoms with van der Waals surface area (Å²) in [5.41, 5.74) is 2.56. The summed E-state index contributed by atoms with van der Waals surface area (Å²) in [5.74, 6) is 0.672. The minimum absolute atomic E-state index is 0.180. The molecule has 0 saturated heterocycles. The van der Waals surface area contributed by atoms with Crippen LogP contribution in [0.15, 0.2) is 24.3 Å². The molecular formula is C15H25NO2. The maximum Gasteiger partial charge on any atom is 0.0895 e. The van der Waals surface area contributed by atoms with E-state index in [4.69, 9.17) is 5.11 Å². The smallest absolute Gasteiger partial charge is 0.0895 e. The van der Waals surface area contributed by atoms with E-state index in [9.17, 15) is 5.11 Å². The lowest BCUT2D eigenvalue weighted by Gasteiger charge is -2.17. The molecule has 0 aromatic heterocycles. The van der Waals surface area contributed by atoms with Crippen LogP contribution in [0.1, 0.15) is 37.9 Å². The van der Waals surface area contributed by atoms with Crippen molar-refractivity contribution in [3.8, 4) is 0 Å². The lowest BCUT2D eigenvalue weighted by atomic mass is 10.00. The molecule has 0 amide bonds. The van der Waals surface area contributed by atoms with Gasteiger partial charge in [-0.15, -0.1) is 0 Å². The van der Waals surface area contributed by atoms with Gasteiger partial charge >= 0.3 is 0 Å². The zero-order chi connectivity index (χ0) is 13.5. The van der Waals surface area contributed by atoms with Gasteiger partial charge in [0.2, 0.25) is 0 Å². The van der Waals surface area contributed by atoms with Crippen LogP contribution in [-0.2, 0) is 6.42 Å². The molecule has 0 radical (unpaired) electrons. The highest BCUT2D eigenvalue weighted by atomic mass is 16.3. The van der Waals surface area contributed by atoms with Gasteiger partial charge in [0.15, 0.2) is 0 Å². The van der Waals surface area contributed by atoms with Crippen molar-refractivity contribution in [1.82, 2.24) is 5.32 Å². The number of rotatable bonds is 7. The van der Waals surface area contributed by atoms with Gasteiger partial charge in [0.05, 0.1) is 12.7 Å². The molecule has 0 saturated carbocycles. The van der Waals surface area contributed by atoms with Crippen molar-refractivity contribution in [3.05, 3.63) is 35.4 Å². The molecule has 0 aliphatic carbocycles. The van der Waals surface area contributed by atoms with E-state index in [1.807, 2.05) is 0 Å². The van der Waals surface area contributed by atoms with Crippen LogP contribution in [0.25, 0.3) is 0 Å². The summed E-state index contributed by atoms with van der Waals surface area (Å²) >= 11 is 0. The van der Waals surface area contributed by atoms with Crippen LogP contribution in [-0.4, -0.2) is 29.5 Å². The summed E-state index contributed by atoms with van der Waals surface area (Å²) in [7, 11) is 0. The van der Waals surface area contributed by atoms with Crippen LogP contribution in [0.4, 0.5) is 0 Å². The van der Waals surface area contributed by atoms with Crippen molar-refractivity contribution in [1.29, 1.82) is 0 Å². The van der Waals surface area contributed by atoms with E-state index >= 15 is 0 Å². The van der Waals surface area contributed by atoms with Gasteiger partial charge in [-0.25, -0.2) is 0 Å². The second-order valence-electron chi connectivity index (χ2n) is 5.31. The summed E-state index contributed by atoms with van der Waals surface area (Å²) in [4.78, 5) is 0. The minimum Gasteiger partial charge on any atom is -0.394 e. The maximum absolute atomic E-state index is 9.28. The van der Waals surface area contributed by atoms with Gasteiger partial charge < -0.3 is 15.5 Å². The number of nitrogens with one attached hydrogen (secondary N) is 1. The number of aliphatic hydroxyl groups excluding tert-OH is 2. The number of aliphatic hydroxyl groups is 2. The third-order valence-electron chi connectivity index (χ3n) is 2.99. The van der Waals surface area contributed by atoms with Crippen LogP contribution < -0.4 is 5.32 Å². The summed E-state index contributed by atoms with van der Waals surface area (Å²) < 4.78 is 0. The second kappa shape index (κ2) is 7.52. The van der Waals surface area contributed by atoms with E-state index in [1.165, 1.54) is 11.1 Å². The van der Waals surface area contributed by atoms with Crippen molar-refractivity contribution < 1.29 is 10.2 Å². The Kier molecular flexibility index (Phi) is 6.33. The molecule has 18 heavy (non-hydrogen) atoms. The summed E-state index contributed by atoms with van der Waals surface area (Å²) in [6.45, 7) is 6.70. The van der Waals surface area contributed by atoms with Crippen LogP contribution in [0.3, 0.4) is 0 Å². The monoisotopic (exact) mass is 251 g/mol. The van der Waals surface area contributed by atoms with Gasteiger partial charge in [0.1, 0.15) is 0 Å². The predicted octanol–water partition coefficient (Wildman–Crippen LogP) is 1.89. The molecule has 0 aliphatic heterocycles. The quantitative estimate of drug-likeness (QED) is 0.693. The average Bonchev–Trinajstić information content (AvgIpc) is 2.35. The zero-order valence-electron chi connectivity index (χ0n) is 11.6. The first-order valence-corrected chi connectivity index (χ1v) is 6.64. The fraction of sp³-hybridized carbons (Fsp3) is 0.600. The van der Waals surface area contributed by atoms with Crippen molar-refractivity contribution in [3.63, 3.8) is 0 Å². The molecule has 0 heterocycles. The molecule has 0 fully saturated rings. The van der Waals surface area contributed by atoms with Crippen molar-refractivity contribution in [2.75, 3.05) is 13.2 Å². The number of benzene rings is 1. The van der Waals surface area contributed by atoms with E-state index in [0.29, 0.717) is 12.5 Å². The Morgan fingerprint density at radius 1 is 1.11 bits per heavy atom. The molecule has 102 valence electrons. The molecule has 1 rings (SSSR count). The molecule has 0 aliphatic rings. The van der Waals surface area contributed by atoms with Crippen molar-refractivity contribution >= 4 is 0 Å². The van der Waals surface area contributed by atoms with Crippen LogP contribution in [0, 0.1) is 5.92 Å². The van der Waals surface area contributed by atoms with Gasteiger partial charge in [0.25, 0.3) is 0 Å². The van der Waals surface area contributed by atoms with E-state index in [-0.39, 0.29) is 12.6 Å². The normalized spacial score (nSPS) is 14.8. The van der Waals surface area contributed by atoms with Crippen molar-refractivity contribution in [2.24, 2.45) is 5.92 Å². The van der Waals surface area contributed by atoms with E-state index < -0.39 is 6.10 Å². The zero-order valence-corrected chi connectivity index (χ0v) is 11.6. The molecule has 3 heteroatoms. The number of hydrogen-bond donors (Lipinski definition) is 3. The third kappa shape index (κ3) is 5.17. The van der Waals surface area contributed by atoms with Crippen molar-refractivity contribution in [2.45, 2.75) is 39.3 Å². The first-order valence-electron chi connectivity index (χ1n) is 6.64. The molecule has 1 aromatic rings. The summed E-state index contributed by atoms with van der Waals surface area (Å²) in [6.07, 6.45) is 0.415. The topological polar surface area (TPSA) is 52.5 Å². The molecule has 2 atom stereocenters. The first kappa shape index (κ1) is 15.2. The second-order valence-corrected chi connectivity index (χ2v) is 5.31. The Labute approximate surface area is 110 Å². The molecule has 1 aromatic carbocycles. The largest absolute Gasteiger partial charge is 0.394 e. The summed E-state index contributed by atoms with van der Waals surface area (Å²) in [6, 6.07) is 8.76.